The van der Waals surface area contributed by atoms with E-state index in [1.54, 1.807) is 0 Å². The molecule has 0 N–H and O–H groups in total. The van der Waals surface area contributed by atoms with Crippen molar-refractivity contribution < 1.29 is 23.8 Å². The standard InChI is InChI=1S/C41H53BrN2O5/c1-11-14-23-47-35(45)31(40(9,42)13-3)25-39(8,12-2)38(6,7)36(46)48-28-21-19-27-20-22-33-34(29(27)24-28)43-26-41(49-33)37(4,5)30-17-15-16-18-32(30)44(41)10/h15-22,24,26,31H,11-14,23,25H2,1-10H3. The fourth-order valence-electron chi connectivity index (χ4n) is 7.40. The number of rotatable bonds is 12. The molecule has 49 heavy (non-hydrogen) atoms. The highest BCUT2D eigenvalue weighted by molar-refractivity contribution is 9.10. The van der Waals surface area contributed by atoms with Crippen LogP contribution in [0.15, 0.2) is 59.6 Å². The molecule has 5 rings (SSSR count). The summed E-state index contributed by atoms with van der Waals surface area (Å²) in [7, 11) is 2.05. The molecule has 4 unspecified atom stereocenters. The predicted octanol–water partition coefficient (Wildman–Crippen LogP) is 10.3. The molecule has 1 spiro atoms. The zero-order valence-corrected chi connectivity index (χ0v) is 32.5. The summed E-state index contributed by atoms with van der Waals surface area (Å²) in [4.78, 5) is 34.8. The number of ether oxygens (including phenoxy) is 3. The summed E-state index contributed by atoms with van der Waals surface area (Å²) in [6, 6.07) is 18.0. The lowest BCUT2D eigenvalue weighted by Crippen LogP contribution is -2.61. The molecule has 2 aliphatic heterocycles. The second kappa shape index (κ2) is 13.4. The highest BCUT2D eigenvalue weighted by atomic mass is 79.9. The lowest BCUT2D eigenvalue weighted by atomic mass is 9.60. The van der Waals surface area contributed by atoms with Gasteiger partial charge in [0.05, 0.1) is 29.6 Å². The molecule has 4 atom stereocenters. The molecule has 0 aromatic heterocycles. The van der Waals surface area contributed by atoms with E-state index in [4.69, 9.17) is 19.2 Å². The van der Waals surface area contributed by atoms with Gasteiger partial charge in [-0.15, -0.1) is 0 Å². The number of halogens is 1. The molecule has 7 nitrogen and oxygen atoms in total. The first-order chi connectivity index (χ1) is 23.0. The van der Waals surface area contributed by atoms with Crippen molar-refractivity contribution in [2.45, 2.75) is 110 Å². The molecule has 264 valence electrons. The Balaban J connectivity index is 1.42. The lowest BCUT2D eigenvalue weighted by molar-refractivity contribution is -0.159. The number of unbranched alkanes of at least 4 members (excludes halogenated alkanes) is 1. The number of para-hydroxylation sites is 1. The van der Waals surface area contributed by atoms with E-state index >= 15 is 0 Å². The second-order valence-corrected chi connectivity index (χ2v) is 17.2. The number of carbonyl (C=O) groups excluding carboxylic acids is 2. The molecular formula is C41H53BrN2O5. The van der Waals surface area contributed by atoms with Crippen LogP contribution in [-0.4, -0.2) is 41.9 Å². The van der Waals surface area contributed by atoms with E-state index in [-0.39, 0.29) is 17.4 Å². The van der Waals surface area contributed by atoms with E-state index in [0.29, 0.717) is 36.6 Å². The molecule has 0 amide bonds. The van der Waals surface area contributed by atoms with E-state index in [1.165, 1.54) is 5.56 Å². The number of likely N-dealkylation sites (N-methyl/N-ethyl adjacent to an activating group) is 1. The molecule has 3 aromatic rings. The average Bonchev–Trinajstić information content (AvgIpc) is 3.24. The number of benzene rings is 3. The lowest BCUT2D eigenvalue weighted by Gasteiger charge is -2.45. The van der Waals surface area contributed by atoms with Crippen LogP contribution in [0.1, 0.15) is 100.0 Å². The average molecular weight is 734 g/mol. The minimum Gasteiger partial charge on any atom is -0.465 e. The molecule has 0 radical (unpaired) electrons. The molecular weight excluding hydrogens is 680 g/mol. The van der Waals surface area contributed by atoms with Gasteiger partial charge >= 0.3 is 11.9 Å². The summed E-state index contributed by atoms with van der Waals surface area (Å²) < 4.78 is 18.3. The normalized spacial score (nSPS) is 20.9. The summed E-state index contributed by atoms with van der Waals surface area (Å²) in [5.74, 6) is 0.108. The Hall–Kier alpha value is -3.39. The van der Waals surface area contributed by atoms with Crippen molar-refractivity contribution >= 4 is 56.2 Å². The van der Waals surface area contributed by atoms with Crippen molar-refractivity contribution in [3.8, 4) is 11.5 Å². The van der Waals surface area contributed by atoms with E-state index < -0.39 is 26.8 Å². The van der Waals surface area contributed by atoms with Crippen LogP contribution < -0.4 is 14.4 Å². The molecule has 2 heterocycles. The highest BCUT2D eigenvalue weighted by Gasteiger charge is 2.58. The van der Waals surface area contributed by atoms with Crippen molar-refractivity contribution in [3.63, 3.8) is 0 Å². The Morgan fingerprint density at radius 1 is 1.00 bits per heavy atom. The van der Waals surface area contributed by atoms with Gasteiger partial charge in [0, 0.05) is 22.4 Å². The van der Waals surface area contributed by atoms with E-state index in [2.05, 4.69) is 80.6 Å². The fourth-order valence-corrected chi connectivity index (χ4v) is 7.75. The van der Waals surface area contributed by atoms with Crippen molar-refractivity contribution in [2.75, 3.05) is 18.6 Å². The van der Waals surface area contributed by atoms with Crippen molar-refractivity contribution in [1.82, 2.24) is 0 Å². The number of fused-ring (bicyclic) bond motifs is 4. The molecule has 8 heteroatoms. The Labute approximate surface area is 300 Å². The van der Waals surface area contributed by atoms with Gasteiger partial charge in [-0.2, -0.15) is 0 Å². The van der Waals surface area contributed by atoms with Gasteiger partial charge in [0.25, 0.3) is 0 Å². The van der Waals surface area contributed by atoms with Crippen LogP contribution >= 0.6 is 15.9 Å². The summed E-state index contributed by atoms with van der Waals surface area (Å²) in [6.45, 7) is 18.9. The molecule has 0 saturated carbocycles. The third-order valence-corrected chi connectivity index (χ3v) is 13.1. The first-order valence-electron chi connectivity index (χ1n) is 17.7. The summed E-state index contributed by atoms with van der Waals surface area (Å²) in [5, 5.41) is 1.81. The monoisotopic (exact) mass is 732 g/mol. The zero-order chi connectivity index (χ0) is 36.0. The van der Waals surface area contributed by atoms with Crippen LogP contribution in [0.5, 0.6) is 11.5 Å². The fraction of sp³-hybridized carbons (Fsp3) is 0.537. The molecule has 2 aliphatic rings. The van der Waals surface area contributed by atoms with Gasteiger partial charge in [0.2, 0.25) is 5.72 Å². The Morgan fingerprint density at radius 2 is 1.69 bits per heavy atom. The third kappa shape index (κ3) is 6.17. The minimum absolute atomic E-state index is 0.224. The van der Waals surface area contributed by atoms with Crippen LogP contribution in [0, 0.1) is 16.7 Å². The van der Waals surface area contributed by atoms with Gasteiger partial charge in [-0.1, -0.05) is 80.4 Å². The van der Waals surface area contributed by atoms with Gasteiger partial charge in [-0.3, -0.25) is 14.6 Å². The number of hydrogen-bond acceptors (Lipinski definition) is 7. The Kier molecular flexibility index (Phi) is 10.1. The summed E-state index contributed by atoms with van der Waals surface area (Å²) in [6.07, 6.45) is 5.57. The number of hydrogen-bond donors (Lipinski definition) is 0. The largest absolute Gasteiger partial charge is 0.465 e. The van der Waals surface area contributed by atoms with Crippen LogP contribution in [0.25, 0.3) is 10.8 Å². The van der Waals surface area contributed by atoms with Gasteiger partial charge in [0.15, 0.2) is 0 Å². The Bertz CT molecular complexity index is 1760. The van der Waals surface area contributed by atoms with E-state index in [1.807, 2.05) is 70.4 Å². The minimum atomic E-state index is -0.924. The maximum absolute atomic E-state index is 14.1. The summed E-state index contributed by atoms with van der Waals surface area (Å²) in [5.41, 5.74) is 0.389. The van der Waals surface area contributed by atoms with Gasteiger partial charge in [-0.25, -0.2) is 0 Å². The predicted molar refractivity (Wildman–Crippen MR) is 203 cm³/mol. The number of aliphatic imine (C=N–C) groups is 1. The maximum atomic E-state index is 14.1. The van der Waals surface area contributed by atoms with Crippen molar-refractivity contribution in [1.29, 1.82) is 0 Å². The zero-order valence-electron chi connectivity index (χ0n) is 30.9. The van der Waals surface area contributed by atoms with Crippen LogP contribution in [0.2, 0.25) is 0 Å². The number of anilines is 1. The number of alkyl halides is 1. The molecule has 0 aliphatic carbocycles. The smallest absolute Gasteiger partial charge is 0.317 e. The van der Waals surface area contributed by atoms with Gasteiger partial charge < -0.3 is 19.1 Å². The van der Waals surface area contributed by atoms with Crippen molar-refractivity contribution in [3.05, 3.63) is 60.2 Å². The molecule has 0 bridgehead atoms. The highest BCUT2D eigenvalue weighted by Crippen LogP contribution is 2.55. The van der Waals surface area contributed by atoms with Crippen molar-refractivity contribution in [2.24, 2.45) is 21.7 Å². The van der Waals surface area contributed by atoms with Gasteiger partial charge in [0.1, 0.15) is 17.2 Å². The first kappa shape index (κ1) is 36.9. The van der Waals surface area contributed by atoms with Gasteiger partial charge in [-0.05, 0) is 101 Å². The van der Waals surface area contributed by atoms with Crippen LogP contribution in [-0.2, 0) is 19.7 Å². The van der Waals surface area contributed by atoms with Crippen LogP contribution in [0.3, 0.4) is 0 Å². The SMILES string of the molecule is CCCCOC(=O)C(CC(C)(CC)C(C)(C)C(=O)Oc1ccc2ccc3c(c2c1)N=CC1(O3)N(C)c2ccccc2C1(C)C)C(C)(Br)CC. The molecule has 3 aromatic carbocycles. The van der Waals surface area contributed by atoms with Crippen LogP contribution in [0.4, 0.5) is 11.4 Å². The number of esters is 2. The molecule has 0 fully saturated rings. The van der Waals surface area contributed by atoms with E-state index in [9.17, 15) is 9.59 Å². The third-order valence-electron chi connectivity index (χ3n) is 12.0. The molecule has 0 saturated heterocycles. The second-order valence-electron chi connectivity index (χ2n) is 15.4. The maximum Gasteiger partial charge on any atom is 0.317 e. The number of nitrogens with zero attached hydrogens (tertiary/aromatic N) is 2. The first-order valence-corrected chi connectivity index (χ1v) is 18.5. The number of carbonyl (C=O) groups is 2. The quantitative estimate of drug-likeness (QED) is 0.0798. The summed E-state index contributed by atoms with van der Waals surface area (Å²) >= 11 is 3.84. The Morgan fingerprint density at radius 3 is 2.35 bits per heavy atom. The topological polar surface area (TPSA) is 77.4 Å². The van der Waals surface area contributed by atoms with E-state index in [0.717, 1.165) is 35.7 Å².